The second kappa shape index (κ2) is 6.66. The molecule has 0 unspecified atom stereocenters. The zero-order chi connectivity index (χ0) is 16.2. The summed E-state index contributed by atoms with van der Waals surface area (Å²) in [5, 5.41) is 17.1. The number of aliphatic hydroxyl groups is 1. The molecule has 0 saturated carbocycles. The van der Waals surface area contributed by atoms with Gasteiger partial charge in [0.15, 0.2) is 0 Å². The van der Waals surface area contributed by atoms with E-state index in [-0.39, 0.29) is 6.61 Å². The zero-order valence-corrected chi connectivity index (χ0v) is 13.3. The first-order valence-corrected chi connectivity index (χ1v) is 7.56. The summed E-state index contributed by atoms with van der Waals surface area (Å²) in [5.41, 5.74) is 5.59. The first kappa shape index (κ1) is 15.3. The third-order valence-electron chi connectivity index (χ3n) is 3.88. The van der Waals surface area contributed by atoms with E-state index >= 15 is 0 Å². The number of nitrogens with zero attached hydrogens (tertiary/aromatic N) is 5. The zero-order valence-electron chi connectivity index (χ0n) is 13.3. The number of rotatable bonds is 5. The summed E-state index contributed by atoms with van der Waals surface area (Å²) in [6.07, 6.45) is 6.96. The summed E-state index contributed by atoms with van der Waals surface area (Å²) in [6, 6.07) is 6.37. The van der Waals surface area contributed by atoms with Crippen LogP contribution in [-0.4, -0.2) is 30.1 Å². The van der Waals surface area contributed by atoms with E-state index in [0.29, 0.717) is 11.6 Å². The van der Waals surface area contributed by atoms with Gasteiger partial charge in [-0.2, -0.15) is 5.10 Å². The number of benzene rings is 1. The van der Waals surface area contributed by atoms with Crippen molar-refractivity contribution in [2.24, 2.45) is 0 Å². The highest BCUT2D eigenvalue weighted by molar-refractivity contribution is 5.34. The first-order chi connectivity index (χ1) is 11.2. The molecule has 2 aromatic heterocycles. The van der Waals surface area contributed by atoms with Gasteiger partial charge in [-0.05, 0) is 48.9 Å². The van der Waals surface area contributed by atoms with Crippen LogP contribution in [0.2, 0.25) is 0 Å². The topological polar surface area (TPSA) is 76.7 Å². The Hall–Kier alpha value is -2.60. The summed E-state index contributed by atoms with van der Waals surface area (Å²) >= 11 is 0. The largest absolute Gasteiger partial charge is 0.390 e. The van der Waals surface area contributed by atoms with Gasteiger partial charge in [0.05, 0.1) is 12.8 Å². The Balaban J connectivity index is 1.70. The smallest absolute Gasteiger partial charge is 0.268 e. The molecule has 1 aromatic carbocycles. The highest BCUT2D eigenvalue weighted by Gasteiger charge is 2.06. The number of hydrogen-bond acceptors (Lipinski definition) is 5. The molecular weight excluding hydrogens is 290 g/mol. The molecule has 1 N–H and O–H groups in total. The number of aromatic nitrogens is 5. The third-order valence-corrected chi connectivity index (χ3v) is 3.88. The second-order valence-electron chi connectivity index (χ2n) is 5.55. The first-order valence-electron chi connectivity index (χ1n) is 7.56. The van der Waals surface area contributed by atoms with E-state index in [2.05, 4.69) is 52.2 Å². The minimum Gasteiger partial charge on any atom is -0.390 e. The molecule has 0 radical (unpaired) electrons. The Morgan fingerprint density at radius 1 is 1.00 bits per heavy atom. The Morgan fingerprint density at radius 2 is 1.70 bits per heavy atom. The Labute approximate surface area is 134 Å². The molecule has 0 aliphatic heterocycles. The van der Waals surface area contributed by atoms with Crippen LogP contribution >= 0.6 is 0 Å². The van der Waals surface area contributed by atoms with Crippen LogP contribution in [0.5, 0.6) is 0 Å². The van der Waals surface area contributed by atoms with Gasteiger partial charge in [0.1, 0.15) is 5.69 Å². The molecule has 3 rings (SSSR count). The maximum atomic E-state index is 9.01. The minimum absolute atomic E-state index is 0.145. The number of aryl methyl sites for hydroxylation is 3. The lowest BCUT2D eigenvalue weighted by molar-refractivity contribution is 0.276. The maximum absolute atomic E-state index is 9.01. The highest BCUT2D eigenvalue weighted by Crippen LogP contribution is 2.16. The van der Waals surface area contributed by atoms with E-state index in [0.717, 1.165) is 18.4 Å². The lowest BCUT2D eigenvalue weighted by atomic mass is 9.97. The Kier molecular flexibility index (Phi) is 4.43. The second-order valence-corrected chi connectivity index (χ2v) is 5.55. The van der Waals surface area contributed by atoms with Gasteiger partial charge in [-0.15, -0.1) is 9.90 Å². The number of aliphatic hydroxyl groups excluding tert-OH is 1. The van der Waals surface area contributed by atoms with Gasteiger partial charge in [-0.3, -0.25) is 0 Å². The van der Waals surface area contributed by atoms with Crippen LogP contribution in [0.15, 0.2) is 36.8 Å². The predicted molar refractivity (Wildman–Crippen MR) is 86.2 cm³/mol. The molecule has 3 aromatic rings. The molecule has 6 nitrogen and oxygen atoms in total. The van der Waals surface area contributed by atoms with Gasteiger partial charge in [-0.25, -0.2) is 9.97 Å². The molecule has 6 heteroatoms. The Bertz CT molecular complexity index is 775. The quantitative estimate of drug-likeness (QED) is 0.779. The fourth-order valence-electron chi connectivity index (χ4n) is 2.56. The molecule has 0 fully saturated rings. The predicted octanol–water partition coefficient (Wildman–Crippen LogP) is 1.95. The van der Waals surface area contributed by atoms with Crippen molar-refractivity contribution in [1.29, 1.82) is 0 Å². The minimum atomic E-state index is -0.145. The lowest BCUT2D eigenvalue weighted by Gasteiger charge is -2.09. The van der Waals surface area contributed by atoms with E-state index < -0.39 is 0 Å². The molecule has 118 valence electrons. The van der Waals surface area contributed by atoms with Gasteiger partial charge in [0, 0.05) is 12.4 Å². The van der Waals surface area contributed by atoms with Crippen LogP contribution in [0.25, 0.3) is 5.95 Å². The van der Waals surface area contributed by atoms with Crippen molar-refractivity contribution < 1.29 is 5.11 Å². The van der Waals surface area contributed by atoms with Crippen molar-refractivity contribution in [2.75, 3.05) is 0 Å². The number of hydrogen-bond donors (Lipinski definition) is 1. The molecular formula is C17H19N5O. The van der Waals surface area contributed by atoms with Crippen LogP contribution in [0.4, 0.5) is 0 Å². The standard InChI is InChI=1S/C17H19N5O/c1-12-4-3-5-13(2)16(12)7-6-14-8-18-17(19-9-14)22-20-10-15(11-23)21-22/h3-5,8-10,23H,6-7,11H2,1-2H3. The SMILES string of the molecule is Cc1cccc(C)c1CCc1cnc(-n2ncc(CO)n2)nc1. The van der Waals surface area contributed by atoms with Crippen molar-refractivity contribution in [2.45, 2.75) is 33.3 Å². The summed E-state index contributed by atoms with van der Waals surface area (Å²) < 4.78 is 0. The van der Waals surface area contributed by atoms with E-state index in [4.69, 9.17) is 5.11 Å². The summed E-state index contributed by atoms with van der Waals surface area (Å²) in [6.45, 7) is 4.14. The molecule has 0 saturated heterocycles. The van der Waals surface area contributed by atoms with Crippen LogP contribution in [0, 0.1) is 13.8 Å². The summed E-state index contributed by atoms with van der Waals surface area (Å²) in [4.78, 5) is 9.92. The van der Waals surface area contributed by atoms with Gasteiger partial charge in [0.25, 0.3) is 5.95 Å². The Morgan fingerprint density at radius 3 is 2.30 bits per heavy atom. The van der Waals surface area contributed by atoms with Crippen LogP contribution in [0.3, 0.4) is 0 Å². The normalized spacial score (nSPS) is 10.9. The van der Waals surface area contributed by atoms with Gasteiger partial charge < -0.3 is 5.11 Å². The lowest BCUT2D eigenvalue weighted by Crippen LogP contribution is -2.06. The highest BCUT2D eigenvalue weighted by atomic mass is 16.3. The van der Waals surface area contributed by atoms with Crippen molar-refractivity contribution in [3.8, 4) is 5.95 Å². The molecule has 0 amide bonds. The fourth-order valence-corrected chi connectivity index (χ4v) is 2.56. The molecule has 0 spiro atoms. The van der Waals surface area contributed by atoms with Crippen LogP contribution < -0.4 is 0 Å². The fraction of sp³-hybridized carbons (Fsp3) is 0.294. The van der Waals surface area contributed by atoms with Crippen molar-refractivity contribution in [3.63, 3.8) is 0 Å². The van der Waals surface area contributed by atoms with E-state index in [1.807, 2.05) is 0 Å². The van der Waals surface area contributed by atoms with Crippen molar-refractivity contribution in [3.05, 3.63) is 64.7 Å². The third kappa shape index (κ3) is 3.43. The molecule has 0 aliphatic rings. The summed E-state index contributed by atoms with van der Waals surface area (Å²) in [7, 11) is 0. The van der Waals surface area contributed by atoms with Crippen molar-refractivity contribution in [1.82, 2.24) is 25.0 Å². The molecule has 2 heterocycles. The van der Waals surface area contributed by atoms with Gasteiger partial charge >= 0.3 is 0 Å². The average molecular weight is 309 g/mol. The van der Waals surface area contributed by atoms with Gasteiger partial charge in [0.2, 0.25) is 0 Å². The van der Waals surface area contributed by atoms with Crippen molar-refractivity contribution >= 4 is 0 Å². The molecule has 0 aliphatic carbocycles. The average Bonchev–Trinajstić information content (AvgIpc) is 3.04. The van der Waals surface area contributed by atoms with E-state index in [1.165, 1.54) is 27.7 Å². The monoisotopic (exact) mass is 309 g/mol. The molecule has 23 heavy (non-hydrogen) atoms. The van der Waals surface area contributed by atoms with E-state index in [9.17, 15) is 0 Å². The maximum Gasteiger partial charge on any atom is 0.268 e. The molecule has 0 bridgehead atoms. The van der Waals surface area contributed by atoms with Gasteiger partial charge in [-0.1, -0.05) is 18.2 Å². The van der Waals surface area contributed by atoms with Crippen LogP contribution in [0.1, 0.15) is 27.9 Å². The van der Waals surface area contributed by atoms with E-state index in [1.54, 1.807) is 12.4 Å². The molecule has 0 atom stereocenters. The van der Waals surface area contributed by atoms with Crippen LogP contribution in [-0.2, 0) is 19.4 Å². The summed E-state index contributed by atoms with van der Waals surface area (Å²) in [5.74, 6) is 0.403.